The number of benzene rings is 4. The van der Waals surface area contributed by atoms with Crippen molar-refractivity contribution in [1.82, 2.24) is 5.09 Å². The molecule has 0 heterocycles. The van der Waals surface area contributed by atoms with Crippen molar-refractivity contribution < 1.29 is 4.57 Å². The zero-order valence-corrected chi connectivity index (χ0v) is 20.6. The molecule has 0 saturated carbocycles. The molecule has 0 unspecified atom stereocenters. The lowest BCUT2D eigenvalue weighted by molar-refractivity contribution is 0.574. The summed E-state index contributed by atoms with van der Waals surface area (Å²) < 4.78 is 14.6. The number of nitrogens with one attached hydrogen (secondary N) is 1. The Balaban J connectivity index is 1.85. The lowest BCUT2D eigenvalue weighted by Gasteiger charge is -2.25. The second kappa shape index (κ2) is 9.31. The summed E-state index contributed by atoms with van der Waals surface area (Å²) in [6, 6.07) is 33.7. The van der Waals surface area contributed by atoms with E-state index in [1.54, 1.807) is 0 Å². The molecule has 0 fully saturated rings. The van der Waals surface area contributed by atoms with Gasteiger partial charge in [0.1, 0.15) is 8.07 Å². The Bertz CT molecular complexity index is 1270. The summed E-state index contributed by atoms with van der Waals surface area (Å²) in [5.74, 6) is 3.46. The van der Waals surface area contributed by atoms with Crippen molar-refractivity contribution in [3.63, 3.8) is 0 Å². The standard InChI is InChI=1S/C28H28NOPSi/c1-32(2,3)21-20-28(25-19-18-23-12-10-11-13-24(23)22-25)29-31(30,26-14-6-4-7-15-26)27-16-8-5-9-17-27/h4-19,22,28H,1-3H3,(H,29,30)/t28-/m1/s1. The lowest BCUT2D eigenvalue weighted by Crippen LogP contribution is -2.30. The highest BCUT2D eigenvalue weighted by Crippen LogP contribution is 2.42. The molecule has 4 aromatic carbocycles. The van der Waals surface area contributed by atoms with Gasteiger partial charge in [0.2, 0.25) is 7.29 Å². The van der Waals surface area contributed by atoms with Crippen LogP contribution in [-0.2, 0) is 4.57 Å². The van der Waals surface area contributed by atoms with Gasteiger partial charge in [0, 0.05) is 10.6 Å². The van der Waals surface area contributed by atoms with Gasteiger partial charge in [-0.15, -0.1) is 5.54 Å². The highest BCUT2D eigenvalue weighted by Gasteiger charge is 2.30. The first-order chi connectivity index (χ1) is 15.4. The predicted molar refractivity (Wildman–Crippen MR) is 141 cm³/mol. The summed E-state index contributed by atoms with van der Waals surface area (Å²) in [7, 11) is -4.76. The minimum absolute atomic E-state index is 0.349. The Hall–Kier alpha value is -2.89. The number of hydrogen-bond acceptors (Lipinski definition) is 1. The molecule has 0 aliphatic heterocycles. The Morgan fingerprint density at radius 3 is 1.81 bits per heavy atom. The molecule has 32 heavy (non-hydrogen) atoms. The summed E-state index contributed by atoms with van der Waals surface area (Å²) >= 11 is 0. The second-order valence-electron chi connectivity index (χ2n) is 8.97. The average molecular weight is 454 g/mol. The molecule has 0 aromatic heterocycles. The lowest BCUT2D eigenvalue weighted by atomic mass is 10.0. The van der Waals surface area contributed by atoms with Crippen molar-refractivity contribution in [2.75, 3.05) is 0 Å². The number of hydrogen-bond donors (Lipinski definition) is 1. The first kappa shape index (κ1) is 22.3. The van der Waals surface area contributed by atoms with E-state index in [0.29, 0.717) is 0 Å². The van der Waals surface area contributed by atoms with Crippen LogP contribution in [0, 0.1) is 11.5 Å². The predicted octanol–water partition coefficient (Wildman–Crippen LogP) is 6.28. The fraction of sp³-hybridized carbons (Fsp3) is 0.143. The maximum Gasteiger partial charge on any atom is 0.205 e. The van der Waals surface area contributed by atoms with Crippen LogP contribution in [0.1, 0.15) is 11.6 Å². The average Bonchev–Trinajstić information content (AvgIpc) is 2.82. The maximum atomic E-state index is 14.6. The fourth-order valence-corrected chi connectivity index (χ4v) is 6.56. The minimum atomic E-state index is -3.13. The van der Waals surface area contributed by atoms with E-state index < -0.39 is 15.4 Å². The SMILES string of the molecule is C[Si](C)(C)C#C[C@@H](NP(=O)(c1ccccc1)c1ccccc1)c1ccc2ccccc2c1. The molecule has 4 heteroatoms. The normalized spacial score (nSPS) is 12.7. The van der Waals surface area contributed by atoms with Crippen LogP contribution in [0.3, 0.4) is 0 Å². The van der Waals surface area contributed by atoms with Gasteiger partial charge >= 0.3 is 0 Å². The van der Waals surface area contributed by atoms with E-state index in [1.165, 1.54) is 5.39 Å². The van der Waals surface area contributed by atoms with Crippen LogP contribution in [0.2, 0.25) is 19.6 Å². The van der Waals surface area contributed by atoms with E-state index >= 15 is 0 Å². The first-order valence-electron chi connectivity index (χ1n) is 10.9. The zero-order valence-electron chi connectivity index (χ0n) is 18.7. The van der Waals surface area contributed by atoms with Crippen LogP contribution >= 0.6 is 7.29 Å². The number of fused-ring (bicyclic) bond motifs is 1. The molecule has 0 radical (unpaired) electrons. The third-order valence-electron chi connectivity index (χ3n) is 5.25. The second-order valence-corrected chi connectivity index (χ2v) is 16.2. The molecule has 160 valence electrons. The van der Waals surface area contributed by atoms with Crippen LogP contribution in [0.5, 0.6) is 0 Å². The van der Waals surface area contributed by atoms with E-state index in [1.807, 2.05) is 72.8 Å². The molecule has 0 aliphatic rings. The molecule has 0 spiro atoms. The highest BCUT2D eigenvalue weighted by atomic mass is 31.2. The third-order valence-corrected chi connectivity index (χ3v) is 8.82. The topological polar surface area (TPSA) is 29.1 Å². The van der Waals surface area contributed by atoms with Crippen LogP contribution in [-0.4, -0.2) is 8.07 Å². The van der Waals surface area contributed by atoms with Crippen molar-refractivity contribution in [3.8, 4) is 11.5 Å². The van der Waals surface area contributed by atoms with Crippen molar-refractivity contribution >= 4 is 36.7 Å². The molecule has 0 aliphatic carbocycles. The molecule has 0 amide bonds. The van der Waals surface area contributed by atoms with Gasteiger partial charge in [0.15, 0.2) is 0 Å². The Morgan fingerprint density at radius 2 is 1.25 bits per heavy atom. The van der Waals surface area contributed by atoms with Crippen molar-refractivity contribution in [2.24, 2.45) is 0 Å². The Labute approximate surface area is 192 Å². The van der Waals surface area contributed by atoms with Crippen LogP contribution < -0.4 is 15.7 Å². The molecule has 1 N–H and O–H groups in total. The number of rotatable bonds is 5. The summed E-state index contributed by atoms with van der Waals surface area (Å²) in [5.41, 5.74) is 4.53. The molecule has 1 atom stereocenters. The largest absolute Gasteiger partial charge is 0.296 e. The summed E-state index contributed by atoms with van der Waals surface area (Å²) in [6.45, 7) is 6.68. The molecule has 2 nitrogen and oxygen atoms in total. The van der Waals surface area contributed by atoms with Crippen LogP contribution in [0.4, 0.5) is 0 Å². The molecule has 0 bridgehead atoms. The highest BCUT2D eigenvalue weighted by molar-refractivity contribution is 7.76. The summed E-state index contributed by atoms with van der Waals surface area (Å²) in [5, 5.41) is 7.43. The molecular formula is C28H28NOPSi. The smallest absolute Gasteiger partial charge is 0.205 e. The Morgan fingerprint density at radius 1 is 0.719 bits per heavy atom. The molecule has 0 saturated heterocycles. The van der Waals surface area contributed by atoms with Crippen LogP contribution in [0.25, 0.3) is 10.8 Å². The third kappa shape index (κ3) is 5.11. The maximum absolute atomic E-state index is 14.6. The minimum Gasteiger partial charge on any atom is -0.296 e. The van der Waals surface area contributed by atoms with Crippen molar-refractivity contribution in [3.05, 3.63) is 109 Å². The van der Waals surface area contributed by atoms with Gasteiger partial charge in [-0.25, -0.2) is 5.09 Å². The molecule has 4 rings (SSSR count). The van der Waals surface area contributed by atoms with Gasteiger partial charge in [-0.2, -0.15) is 0 Å². The van der Waals surface area contributed by atoms with E-state index in [2.05, 4.69) is 66.5 Å². The Kier molecular flexibility index (Phi) is 6.49. The van der Waals surface area contributed by atoms with Crippen molar-refractivity contribution in [2.45, 2.75) is 25.7 Å². The zero-order chi connectivity index (χ0) is 22.6. The first-order valence-corrected chi connectivity index (χ1v) is 16.1. The van der Waals surface area contributed by atoms with E-state index in [0.717, 1.165) is 21.6 Å². The van der Waals surface area contributed by atoms with Gasteiger partial charge in [-0.3, -0.25) is 4.57 Å². The van der Waals surface area contributed by atoms with Crippen molar-refractivity contribution in [1.29, 1.82) is 0 Å². The van der Waals surface area contributed by atoms with E-state index in [4.69, 9.17) is 0 Å². The molecule has 4 aromatic rings. The van der Waals surface area contributed by atoms with Gasteiger partial charge in [-0.1, -0.05) is 98.4 Å². The van der Waals surface area contributed by atoms with E-state index in [9.17, 15) is 4.57 Å². The van der Waals surface area contributed by atoms with E-state index in [-0.39, 0.29) is 6.04 Å². The van der Waals surface area contributed by atoms with Gasteiger partial charge in [0.05, 0.1) is 6.04 Å². The van der Waals surface area contributed by atoms with Gasteiger partial charge in [0.25, 0.3) is 0 Å². The van der Waals surface area contributed by atoms with Gasteiger partial charge < -0.3 is 0 Å². The summed E-state index contributed by atoms with van der Waals surface area (Å²) in [6.07, 6.45) is 0. The van der Waals surface area contributed by atoms with Gasteiger partial charge in [-0.05, 0) is 46.7 Å². The molecular weight excluding hydrogens is 425 g/mol. The summed E-state index contributed by atoms with van der Waals surface area (Å²) in [4.78, 5) is 0. The fourth-order valence-electron chi connectivity index (χ4n) is 3.62. The monoisotopic (exact) mass is 453 g/mol. The quantitative estimate of drug-likeness (QED) is 0.219. The van der Waals surface area contributed by atoms with Crippen LogP contribution in [0.15, 0.2) is 103 Å².